The van der Waals surface area contributed by atoms with Gasteiger partial charge in [-0.3, -0.25) is 0 Å². The van der Waals surface area contributed by atoms with E-state index in [1.807, 2.05) is 0 Å². The second-order valence-electron chi connectivity index (χ2n) is 12.5. The molecule has 0 saturated carbocycles. The molecule has 48 heavy (non-hydrogen) atoms. The smallest absolute Gasteiger partial charge is 0.135 e. The van der Waals surface area contributed by atoms with E-state index in [0.717, 1.165) is 34.8 Å². The highest BCUT2D eigenvalue weighted by atomic mass is 16.3. The van der Waals surface area contributed by atoms with Crippen LogP contribution < -0.4 is 4.90 Å². The van der Waals surface area contributed by atoms with E-state index < -0.39 is 0 Å². The zero-order valence-corrected chi connectivity index (χ0v) is 26.5. The van der Waals surface area contributed by atoms with Gasteiger partial charge in [0.05, 0.1) is 0 Å². The van der Waals surface area contributed by atoms with Crippen molar-refractivity contribution >= 4 is 44.1 Å². The predicted octanol–water partition coefficient (Wildman–Crippen LogP) is 13.1. The maximum Gasteiger partial charge on any atom is 0.135 e. The van der Waals surface area contributed by atoms with Crippen molar-refractivity contribution in [2.75, 3.05) is 4.90 Å². The molecule has 0 aliphatic heterocycles. The third-order valence-electron chi connectivity index (χ3n) is 9.44. The lowest BCUT2D eigenvalue weighted by Crippen LogP contribution is -2.16. The van der Waals surface area contributed by atoms with Crippen molar-refractivity contribution in [3.63, 3.8) is 0 Å². The lowest BCUT2D eigenvalue weighted by Gasteiger charge is -2.28. The van der Waals surface area contributed by atoms with Gasteiger partial charge in [0.2, 0.25) is 0 Å². The molecule has 2 nitrogen and oxygen atoms in total. The highest BCUT2D eigenvalue weighted by molar-refractivity contribution is 6.07. The van der Waals surface area contributed by atoms with E-state index in [9.17, 15) is 0 Å². The van der Waals surface area contributed by atoms with Crippen molar-refractivity contribution in [2.24, 2.45) is 0 Å². The molecular formula is C46H33NO. The topological polar surface area (TPSA) is 16.4 Å². The molecule has 0 saturated heterocycles. The van der Waals surface area contributed by atoms with Gasteiger partial charge < -0.3 is 9.32 Å². The summed E-state index contributed by atoms with van der Waals surface area (Å²) >= 11 is 0. The molecule has 8 aromatic rings. The Labute approximate surface area is 280 Å². The van der Waals surface area contributed by atoms with E-state index in [1.165, 1.54) is 61.2 Å². The Morgan fingerprint density at radius 2 is 1.00 bits per heavy atom. The van der Waals surface area contributed by atoms with Crippen molar-refractivity contribution in [1.82, 2.24) is 0 Å². The van der Waals surface area contributed by atoms with Gasteiger partial charge in [-0.15, -0.1) is 0 Å². The van der Waals surface area contributed by atoms with E-state index in [4.69, 9.17) is 4.42 Å². The number of furan rings is 1. The second kappa shape index (κ2) is 11.9. The van der Waals surface area contributed by atoms with E-state index >= 15 is 0 Å². The Hall–Kier alpha value is -6.12. The number of nitrogens with zero attached hydrogens (tertiary/aromatic N) is 1. The van der Waals surface area contributed by atoms with Gasteiger partial charge in [-0.1, -0.05) is 109 Å². The zero-order chi connectivity index (χ0) is 31.9. The summed E-state index contributed by atoms with van der Waals surface area (Å²) < 4.78 is 6.24. The van der Waals surface area contributed by atoms with E-state index in [-0.39, 0.29) is 0 Å². The standard InChI is InChI=1S/C46H33NO/c1-4-11-32(12-5-1)38-22-25-45-43(30-38)44-31-39(23-26-46(44)48-45)34-14-10-13-33(27-34)35-19-20-37-29-42(24-21-36(37)28-35)47(40-15-6-2-7-16-40)41-17-8-3-9-18-41/h1-2,4-8,10-31H,3,9H2. The van der Waals surface area contributed by atoms with Gasteiger partial charge in [0.15, 0.2) is 0 Å². The lowest BCUT2D eigenvalue weighted by atomic mass is 9.96. The Kier molecular flexibility index (Phi) is 6.98. The predicted molar refractivity (Wildman–Crippen MR) is 203 cm³/mol. The van der Waals surface area contributed by atoms with Crippen LogP contribution in [-0.4, -0.2) is 0 Å². The summed E-state index contributed by atoms with van der Waals surface area (Å²) in [7, 11) is 0. The van der Waals surface area contributed by atoms with Crippen LogP contribution in [0, 0.1) is 0 Å². The van der Waals surface area contributed by atoms with E-state index in [2.05, 4.69) is 181 Å². The molecule has 7 aromatic carbocycles. The van der Waals surface area contributed by atoms with Gasteiger partial charge >= 0.3 is 0 Å². The number of allylic oxidation sites excluding steroid dienone is 3. The molecular weight excluding hydrogens is 583 g/mol. The summed E-state index contributed by atoms with van der Waals surface area (Å²) in [5.74, 6) is 0. The van der Waals surface area contributed by atoms with Crippen LogP contribution in [0.15, 0.2) is 186 Å². The number of anilines is 2. The van der Waals surface area contributed by atoms with Gasteiger partial charge in [-0.2, -0.15) is 0 Å². The zero-order valence-electron chi connectivity index (χ0n) is 26.5. The maximum absolute atomic E-state index is 6.24. The van der Waals surface area contributed by atoms with Crippen LogP contribution >= 0.6 is 0 Å². The van der Waals surface area contributed by atoms with Crippen LogP contribution in [0.4, 0.5) is 11.4 Å². The molecule has 0 spiro atoms. The lowest BCUT2D eigenvalue weighted by molar-refractivity contribution is 0.669. The summed E-state index contributed by atoms with van der Waals surface area (Å²) in [5.41, 5.74) is 12.5. The van der Waals surface area contributed by atoms with Crippen molar-refractivity contribution in [3.05, 3.63) is 182 Å². The summed E-state index contributed by atoms with van der Waals surface area (Å²) in [6.45, 7) is 0. The molecule has 0 fully saturated rings. The molecule has 1 heterocycles. The van der Waals surface area contributed by atoms with Crippen LogP contribution in [0.1, 0.15) is 12.8 Å². The molecule has 1 aromatic heterocycles. The van der Waals surface area contributed by atoms with E-state index in [0.29, 0.717) is 0 Å². The normalized spacial score (nSPS) is 12.9. The molecule has 0 bridgehead atoms. The fourth-order valence-corrected chi connectivity index (χ4v) is 6.99. The van der Waals surface area contributed by atoms with Crippen LogP contribution in [0.25, 0.3) is 66.1 Å². The highest BCUT2D eigenvalue weighted by Gasteiger charge is 2.15. The Balaban J connectivity index is 1.06. The highest BCUT2D eigenvalue weighted by Crippen LogP contribution is 2.38. The number of para-hydroxylation sites is 1. The van der Waals surface area contributed by atoms with Gasteiger partial charge in [0.1, 0.15) is 11.2 Å². The molecule has 0 radical (unpaired) electrons. The van der Waals surface area contributed by atoms with Gasteiger partial charge in [0, 0.05) is 27.8 Å². The van der Waals surface area contributed by atoms with Crippen molar-refractivity contribution in [3.8, 4) is 33.4 Å². The van der Waals surface area contributed by atoms with Gasteiger partial charge in [-0.05, 0) is 124 Å². The van der Waals surface area contributed by atoms with Gasteiger partial charge in [-0.25, -0.2) is 0 Å². The van der Waals surface area contributed by atoms with Gasteiger partial charge in [0.25, 0.3) is 0 Å². The minimum absolute atomic E-state index is 0.908. The number of fused-ring (bicyclic) bond motifs is 4. The fraction of sp³-hybridized carbons (Fsp3) is 0.0435. The molecule has 2 heteroatoms. The van der Waals surface area contributed by atoms with Crippen molar-refractivity contribution in [1.29, 1.82) is 0 Å². The average molecular weight is 616 g/mol. The SMILES string of the molecule is C1=CC(N(c2ccccc2)c2ccc3cc(-c4cccc(-c5ccc6oc7ccc(-c8ccccc8)cc7c6c5)c4)ccc3c2)=CCC1. The third-order valence-corrected chi connectivity index (χ3v) is 9.44. The average Bonchev–Trinajstić information content (AvgIpc) is 3.53. The van der Waals surface area contributed by atoms with Crippen LogP contribution in [0.5, 0.6) is 0 Å². The quantitative estimate of drug-likeness (QED) is 0.185. The first kappa shape index (κ1) is 28.1. The Morgan fingerprint density at radius 3 is 1.71 bits per heavy atom. The van der Waals surface area contributed by atoms with E-state index in [1.54, 1.807) is 0 Å². The molecule has 0 atom stereocenters. The number of hydrogen-bond donors (Lipinski definition) is 0. The van der Waals surface area contributed by atoms with Crippen molar-refractivity contribution < 1.29 is 4.42 Å². The summed E-state index contributed by atoms with van der Waals surface area (Å²) in [5, 5.41) is 4.72. The summed E-state index contributed by atoms with van der Waals surface area (Å²) in [6.07, 6.45) is 9.00. The molecule has 1 aliphatic carbocycles. The van der Waals surface area contributed by atoms with Crippen molar-refractivity contribution in [2.45, 2.75) is 12.8 Å². The van der Waals surface area contributed by atoms with Crippen LogP contribution in [0.2, 0.25) is 0 Å². The first-order valence-corrected chi connectivity index (χ1v) is 16.7. The summed E-state index contributed by atoms with van der Waals surface area (Å²) in [4.78, 5) is 2.36. The second-order valence-corrected chi connectivity index (χ2v) is 12.5. The first-order valence-electron chi connectivity index (χ1n) is 16.7. The largest absolute Gasteiger partial charge is 0.456 e. The molecule has 0 unspecified atom stereocenters. The minimum atomic E-state index is 0.908. The summed E-state index contributed by atoms with van der Waals surface area (Å²) in [6, 6.07) is 56.6. The molecule has 1 aliphatic rings. The monoisotopic (exact) mass is 615 g/mol. The Morgan fingerprint density at radius 1 is 0.417 bits per heavy atom. The third kappa shape index (κ3) is 5.18. The molecule has 228 valence electrons. The number of rotatable bonds is 6. The molecule has 9 rings (SSSR count). The number of benzene rings is 7. The Bertz CT molecular complexity index is 2500. The fourth-order valence-electron chi connectivity index (χ4n) is 6.99. The molecule has 0 amide bonds. The molecule has 0 N–H and O–H groups in total. The maximum atomic E-state index is 6.24. The minimum Gasteiger partial charge on any atom is -0.456 e. The number of hydrogen-bond acceptors (Lipinski definition) is 2. The van der Waals surface area contributed by atoms with Crippen LogP contribution in [0.3, 0.4) is 0 Å². The van der Waals surface area contributed by atoms with Crippen LogP contribution in [-0.2, 0) is 0 Å². The first-order chi connectivity index (χ1) is 23.8.